The minimum Gasteiger partial charge on any atom is -0.311 e. The Bertz CT molecular complexity index is 563. The molecule has 0 saturated carbocycles. The first-order valence-corrected chi connectivity index (χ1v) is 7.55. The molecule has 0 bridgehead atoms. The van der Waals surface area contributed by atoms with Gasteiger partial charge in [-0.3, -0.25) is 4.68 Å². The predicted molar refractivity (Wildman–Crippen MR) is 84.3 cm³/mol. The summed E-state index contributed by atoms with van der Waals surface area (Å²) in [5, 5.41) is 11.3. The fraction of sp³-hybridized carbons (Fsp3) is 0.467. The first kappa shape index (κ1) is 15.2. The molecule has 0 aliphatic rings. The lowest BCUT2D eigenvalue weighted by Crippen LogP contribution is -2.31. The summed E-state index contributed by atoms with van der Waals surface area (Å²) in [6.45, 7) is 6.30. The Morgan fingerprint density at radius 2 is 2.05 bits per heavy atom. The average Bonchev–Trinajstić information content (AvgIpc) is 2.78. The van der Waals surface area contributed by atoms with Crippen molar-refractivity contribution in [2.75, 3.05) is 6.54 Å². The lowest BCUT2D eigenvalue weighted by atomic mass is 9.85. The molecule has 0 spiro atoms. The molecule has 0 saturated heterocycles. The van der Waals surface area contributed by atoms with E-state index in [9.17, 15) is 0 Å². The van der Waals surface area contributed by atoms with Gasteiger partial charge in [-0.05, 0) is 23.5 Å². The van der Waals surface area contributed by atoms with E-state index in [2.05, 4.69) is 63.6 Å². The van der Waals surface area contributed by atoms with E-state index < -0.39 is 0 Å². The summed E-state index contributed by atoms with van der Waals surface area (Å²) >= 11 is 3.62. The maximum Gasteiger partial charge on any atom is 0.0738 e. The molecule has 0 atom stereocenters. The second-order valence-corrected chi connectivity index (χ2v) is 6.74. The maximum absolute atomic E-state index is 3.93. The molecule has 0 radical (unpaired) electrons. The molecule has 4 nitrogen and oxygen atoms in total. The van der Waals surface area contributed by atoms with E-state index in [1.807, 2.05) is 13.1 Å². The van der Waals surface area contributed by atoms with Gasteiger partial charge >= 0.3 is 0 Å². The van der Waals surface area contributed by atoms with Crippen LogP contribution in [0.2, 0.25) is 0 Å². The topological polar surface area (TPSA) is 42.7 Å². The Kier molecular flexibility index (Phi) is 4.94. The molecule has 108 valence electrons. The molecule has 1 aromatic carbocycles. The monoisotopic (exact) mass is 336 g/mol. The highest BCUT2D eigenvalue weighted by atomic mass is 79.9. The lowest BCUT2D eigenvalue weighted by Gasteiger charge is -2.25. The van der Waals surface area contributed by atoms with Crippen molar-refractivity contribution in [1.82, 2.24) is 20.3 Å². The quantitative estimate of drug-likeness (QED) is 0.881. The lowest BCUT2D eigenvalue weighted by molar-refractivity contribution is 0.335. The van der Waals surface area contributed by atoms with E-state index in [0.717, 1.165) is 25.2 Å². The number of nitrogens with zero attached hydrogens (tertiary/aromatic N) is 3. The smallest absolute Gasteiger partial charge is 0.0738 e. The first-order valence-electron chi connectivity index (χ1n) is 6.76. The largest absolute Gasteiger partial charge is 0.311 e. The van der Waals surface area contributed by atoms with Gasteiger partial charge in [-0.25, -0.2) is 0 Å². The Morgan fingerprint density at radius 1 is 1.30 bits per heavy atom. The van der Waals surface area contributed by atoms with Crippen LogP contribution in [0.25, 0.3) is 0 Å². The van der Waals surface area contributed by atoms with Crippen LogP contribution in [0, 0.1) is 5.41 Å². The Labute approximate surface area is 128 Å². The van der Waals surface area contributed by atoms with Crippen molar-refractivity contribution >= 4 is 15.9 Å². The summed E-state index contributed by atoms with van der Waals surface area (Å²) in [5.41, 5.74) is 2.64. The highest BCUT2D eigenvalue weighted by molar-refractivity contribution is 9.10. The van der Waals surface area contributed by atoms with Gasteiger partial charge in [-0.2, -0.15) is 0 Å². The SMILES string of the molecule is Cn1nncc1CNCC(C)(C)Cc1ccccc1Br. The van der Waals surface area contributed by atoms with Gasteiger partial charge in [-0.15, -0.1) is 5.10 Å². The molecule has 0 unspecified atom stereocenters. The standard InChI is InChI=1S/C15H21BrN4/c1-15(2,8-12-6-4-5-7-14(12)16)11-17-9-13-10-18-19-20(13)3/h4-7,10,17H,8-9,11H2,1-3H3. The number of rotatable bonds is 6. The summed E-state index contributed by atoms with van der Waals surface area (Å²) in [6, 6.07) is 8.41. The number of nitrogens with one attached hydrogen (secondary N) is 1. The Morgan fingerprint density at radius 3 is 2.70 bits per heavy atom. The highest BCUT2D eigenvalue weighted by Gasteiger charge is 2.19. The van der Waals surface area contributed by atoms with Crippen LogP contribution in [0.1, 0.15) is 25.1 Å². The van der Waals surface area contributed by atoms with E-state index >= 15 is 0 Å². The summed E-state index contributed by atoms with van der Waals surface area (Å²) in [5.74, 6) is 0. The van der Waals surface area contributed by atoms with Crippen molar-refractivity contribution in [3.63, 3.8) is 0 Å². The normalized spacial score (nSPS) is 11.8. The van der Waals surface area contributed by atoms with Gasteiger partial charge in [0.25, 0.3) is 0 Å². The van der Waals surface area contributed by atoms with Gasteiger partial charge in [0, 0.05) is 24.6 Å². The summed E-state index contributed by atoms with van der Waals surface area (Å²) in [4.78, 5) is 0. The second kappa shape index (κ2) is 6.50. The van der Waals surface area contributed by atoms with Gasteiger partial charge in [0.1, 0.15) is 0 Å². The molecule has 5 heteroatoms. The number of halogens is 1. The third-order valence-electron chi connectivity index (χ3n) is 3.34. The molecule has 1 heterocycles. The van der Waals surface area contributed by atoms with Crippen LogP contribution >= 0.6 is 15.9 Å². The van der Waals surface area contributed by atoms with Crippen molar-refractivity contribution < 1.29 is 0 Å². The van der Waals surface area contributed by atoms with Gasteiger partial charge in [0.05, 0.1) is 11.9 Å². The van der Waals surface area contributed by atoms with E-state index in [1.54, 1.807) is 10.9 Å². The van der Waals surface area contributed by atoms with Gasteiger partial charge in [0.15, 0.2) is 0 Å². The zero-order valence-corrected chi connectivity index (χ0v) is 13.8. The number of hydrogen-bond donors (Lipinski definition) is 1. The Hall–Kier alpha value is -1.20. The molecule has 20 heavy (non-hydrogen) atoms. The van der Waals surface area contributed by atoms with Crippen LogP contribution in [-0.4, -0.2) is 21.5 Å². The Balaban J connectivity index is 1.88. The first-order chi connectivity index (χ1) is 9.48. The molecule has 0 amide bonds. The molecule has 2 aromatic rings. The van der Waals surface area contributed by atoms with Crippen LogP contribution in [-0.2, 0) is 20.0 Å². The third kappa shape index (κ3) is 4.15. The molecule has 2 rings (SSSR count). The van der Waals surface area contributed by atoms with E-state index in [4.69, 9.17) is 0 Å². The fourth-order valence-corrected chi connectivity index (χ4v) is 2.64. The van der Waals surface area contributed by atoms with Gasteiger partial charge in [0.2, 0.25) is 0 Å². The number of benzene rings is 1. The molecule has 0 aliphatic heterocycles. The zero-order valence-electron chi connectivity index (χ0n) is 12.2. The van der Waals surface area contributed by atoms with Crippen molar-refractivity contribution in [1.29, 1.82) is 0 Å². The van der Waals surface area contributed by atoms with Crippen LogP contribution in [0.15, 0.2) is 34.9 Å². The molecule has 0 aliphatic carbocycles. The van der Waals surface area contributed by atoms with Crippen molar-refractivity contribution in [2.45, 2.75) is 26.8 Å². The number of aryl methyl sites for hydroxylation is 1. The van der Waals surface area contributed by atoms with Crippen LogP contribution in [0.5, 0.6) is 0 Å². The molecule has 1 aromatic heterocycles. The zero-order chi connectivity index (χ0) is 14.6. The summed E-state index contributed by atoms with van der Waals surface area (Å²) in [6.07, 6.45) is 2.83. The van der Waals surface area contributed by atoms with E-state index in [0.29, 0.717) is 0 Å². The van der Waals surface area contributed by atoms with E-state index in [-0.39, 0.29) is 5.41 Å². The van der Waals surface area contributed by atoms with Crippen molar-refractivity contribution in [3.05, 3.63) is 46.2 Å². The summed E-state index contributed by atoms with van der Waals surface area (Å²) in [7, 11) is 1.91. The molecule has 1 N–H and O–H groups in total. The van der Waals surface area contributed by atoms with Gasteiger partial charge in [-0.1, -0.05) is 53.2 Å². The average molecular weight is 337 g/mol. The minimum atomic E-state index is 0.190. The van der Waals surface area contributed by atoms with Crippen molar-refractivity contribution in [3.8, 4) is 0 Å². The molecular weight excluding hydrogens is 316 g/mol. The molecule has 0 fully saturated rings. The number of hydrogen-bond acceptors (Lipinski definition) is 3. The van der Waals surface area contributed by atoms with E-state index in [1.165, 1.54) is 10.0 Å². The summed E-state index contributed by atoms with van der Waals surface area (Å²) < 4.78 is 2.98. The number of aromatic nitrogens is 3. The van der Waals surface area contributed by atoms with Crippen molar-refractivity contribution in [2.24, 2.45) is 12.5 Å². The minimum absolute atomic E-state index is 0.190. The highest BCUT2D eigenvalue weighted by Crippen LogP contribution is 2.26. The predicted octanol–water partition coefficient (Wildman–Crippen LogP) is 2.94. The fourth-order valence-electron chi connectivity index (χ4n) is 2.22. The van der Waals surface area contributed by atoms with Crippen LogP contribution < -0.4 is 5.32 Å². The van der Waals surface area contributed by atoms with Crippen LogP contribution in [0.4, 0.5) is 0 Å². The third-order valence-corrected chi connectivity index (χ3v) is 4.12. The van der Waals surface area contributed by atoms with Crippen LogP contribution in [0.3, 0.4) is 0 Å². The van der Waals surface area contributed by atoms with Gasteiger partial charge < -0.3 is 5.32 Å². The second-order valence-electron chi connectivity index (χ2n) is 5.88. The maximum atomic E-state index is 3.93. The molecular formula is C15H21BrN4.